The molecule has 0 bridgehead atoms. The Morgan fingerprint density at radius 2 is 1.97 bits per heavy atom. The number of carbonyl (C=O) groups excluding carboxylic acids is 1. The summed E-state index contributed by atoms with van der Waals surface area (Å²) in [7, 11) is 3.20. The summed E-state index contributed by atoms with van der Waals surface area (Å²) in [6, 6.07) is 4.66. The maximum Gasteiger partial charge on any atom is 0.414 e. The monoisotopic (exact) mass is 503 g/mol. The van der Waals surface area contributed by atoms with Crippen LogP contribution in [0.25, 0.3) is 10.9 Å². The minimum absolute atomic E-state index is 0.252. The number of ether oxygens (including phenoxy) is 1. The molecule has 3 heterocycles. The van der Waals surface area contributed by atoms with Gasteiger partial charge in [-0.05, 0) is 37.1 Å². The SMILES string of the molecule is CN(C)C(=O)Oc1c(C(NC2=CCCC=N2)c2cncc(Cl)c2Cl)cc(Cl)c2cccnc12. The lowest BCUT2D eigenvalue weighted by Crippen LogP contribution is -2.28. The average Bonchev–Trinajstić information content (AvgIpc) is 2.82. The highest BCUT2D eigenvalue weighted by Crippen LogP contribution is 2.42. The summed E-state index contributed by atoms with van der Waals surface area (Å²) in [5.74, 6) is 0.895. The Labute approximate surface area is 206 Å². The molecule has 1 aliphatic heterocycles. The number of halogens is 3. The Morgan fingerprint density at radius 1 is 1.15 bits per heavy atom. The van der Waals surface area contributed by atoms with E-state index in [1.807, 2.05) is 18.4 Å². The summed E-state index contributed by atoms with van der Waals surface area (Å²) in [5, 5.41) is 5.07. The number of aliphatic imine (C=N–C) groups is 1. The van der Waals surface area contributed by atoms with Gasteiger partial charge < -0.3 is 15.0 Å². The van der Waals surface area contributed by atoms with E-state index in [9.17, 15) is 4.79 Å². The van der Waals surface area contributed by atoms with Crippen molar-refractivity contribution in [3.8, 4) is 5.75 Å². The van der Waals surface area contributed by atoms with Crippen LogP contribution in [0.5, 0.6) is 5.75 Å². The van der Waals surface area contributed by atoms with Crippen LogP contribution in [0.4, 0.5) is 4.79 Å². The van der Waals surface area contributed by atoms with Gasteiger partial charge in [0.15, 0.2) is 5.75 Å². The Bertz CT molecular complexity index is 1280. The van der Waals surface area contributed by atoms with Crippen LogP contribution in [0.2, 0.25) is 15.1 Å². The van der Waals surface area contributed by atoms with Crippen molar-refractivity contribution in [2.45, 2.75) is 18.9 Å². The molecule has 10 heteroatoms. The van der Waals surface area contributed by atoms with Crippen LogP contribution < -0.4 is 10.1 Å². The van der Waals surface area contributed by atoms with Crippen LogP contribution in [-0.2, 0) is 0 Å². The van der Waals surface area contributed by atoms with Gasteiger partial charge in [0.2, 0.25) is 0 Å². The number of fused-ring (bicyclic) bond motifs is 1. The molecule has 0 aliphatic carbocycles. The number of allylic oxidation sites excluding steroid dienone is 1. The van der Waals surface area contributed by atoms with Gasteiger partial charge in [0.25, 0.3) is 0 Å². The van der Waals surface area contributed by atoms with Crippen LogP contribution in [0, 0.1) is 0 Å². The van der Waals surface area contributed by atoms with Crippen LogP contribution in [-0.4, -0.2) is 41.3 Å². The van der Waals surface area contributed by atoms with Gasteiger partial charge in [-0.1, -0.05) is 34.8 Å². The Hall–Kier alpha value is -2.87. The van der Waals surface area contributed by atoms with Gasteiger partial charge in [-0.15, -0.1) is 0 Å². The summed E-state index contributed by atoms with van der Waals surface area (Å²) in [6.45, 7) is 0. The number of carbonyl (C=O) groups is 1. The normalized spacial score (nSPS) is 14.0. The highest BCUT2D eigenvalue weighted by atomic mass is 35.5. The van der Waals surface area contributed by atoms with Crippen molar-refractivity contribution in [3.05, 3.63) is 74.9 Å². The standard InChI is InChI=1S/C23H20Cl3N5O2/c1-31(2)23(32)33-22-14(10-16(24)13-6-5-9-29-21(13)22)20(30-18-7-3-4-8-28-18)15-11-27-12-17(25)19(15)26/h5-12,20,30H,3-4H2,1-2H3. The molecule has 1 aromatic carbocycles. The number of pyridine rings is 2. The molecule has 4 rings (SSSR count). The smallest absolute Gasteiger partial charge is 0.407 e. The fourth-order valence-electron chi connectivity index (χ4n) is 3.41. The molecule has 0 saturated carbocycles. The first-order chi connectivity index (χ1) is 15.9. The highest BCUT2D eigenvalue weighted by Gasteiger charge is 2.28. The summed E-state index contributed by atoms with van der Waals surface area (Å²) in [4.78, 5) is 27.0. The molecular formula is C23H20Cl3N5O2. The Kier molecular flexibility index (Phi) is 7.02. The summed E-state index contributed by atoms with van der Waals surface area (Å²) in [5.41, 5.74) is 1.54. The van der Waals surface area contributed by atoms with E-state index < -0.39 is 12.1 Å². The Morgan fingerprint density at radius 3 is 2.70 bits per heavy atom. The fraction of sp³-hybridized carbons (Fsp3) is 0.217. The zero-order chi connectivity index (χ0) is 23.5. The Balaban J connectivity index is 1.97. The molecule has 1 aliphatic rings. The lowest BCUT2D eigenvalue weighted by Gasteiger charge is -2.26. The van der Waals surface area contributed by atoms with Crippen molar-refractivity contribution in [3.63, 3.8) is 0 Å². The van der Waals surface area contributed by atoms with Crippen molar-refractivity contribution in [1.29, 1.82) is 0 Å². The van der Waals surface area contributed by atoms with Gasteiger partial charge in [0.05, 0.1) is 21.1 Å². The zero-order valence-electron chi connectivity index (χ0n) is 17.8. The third-order valence-electron chi connectivity index (χ3n) is 5.02. The van der Waals surface area contributed by atoms with E-state index in [1.165, 1.54) is 11.1 Å². The molecule has 0 fully saturated rings. The zero-order valence-corrected chi connectivity index (χ0v) is 20.1. The maximum absolute atomic E-state index is 12.6. The largest absolute Gasteiger partial charge is 0.414 e. The summed E-state index contributed by atoms with van der Waals surface area (Å²) in [6.07, 6.45) is 9.62. The third-order valence-corrected chi connectivity index (χ3v) is 6.14. The fourth-order valence-corrected chi connectivity index (χ4v) is 4.05. The van der Waals surface area contributed by atoms with Crippen LogP contribution in [0.15, 0.2) is 53.7 Å². The molecule has 3 aromatic rings. The van der Waals surface area contributed by atoms with Crippen molar-refractivity contribution >= 4 is 58.0 Å². The topological polar surface area (TPSA) is 79.7 Å². The van der Waals surface area contributed by atoms with E-state index in [0.717, 1.165) is 12.8 Å². The van der Waals surface area contributed by atoms with Gasteiger partial charge in [-0.2, -0.15) is 0 Å². The molecule has 7 nitrogen and oxygen atoms in total. The molecule has 2 aromatic heterocycles. The number of amides is 1. The van der Waals surface area contributed by atoms with Gasteiger partial charge in [0.1, 0.15) is 11.3 Å². The van der Waals surface area contributed by atoms with Crippen molar-refractivity contribution in [2.75, 3.05) is 14.1 Å². The molecule has 0 radical (unpaired) electrons. The van der Waals surface area contributed by atoms with Crippen molar-refractivity contribution < 1.29 is 9.53 Å². The molecule has 170 valence electrons. The van der Waals surface area contributed by atoms with Gasteiger partial charge >= 0.3 is 6.09 Å². The van der Waals surface area contributed by atoms with Crippen molar-refractivity contribution in [2.24, 2.45) is 4.99 Å². The number of hydrogen-bond donors (Lipinski definition) is 1. The van der Waals surface area contributed by atoms with E-state index >= 15 is 0 Å². The van der Waals surface area contributed by atoms with Crippen LogP contribution in [0.3, 0.4) is 0 Å². The second kappa shape index (κ2) is 9.95. The predicted octanol–water partition coefficient (Wildman–Crippen LogP) is 6.04. The molecule has 1 atom stereocenters. The molecule has 1 N–H and O–H groups in total. The quantitative estimate of drug-likeness (QED) is 0.458. The average molecular weight is 505 g/mol. The molecule has 33 heavy (non-hydrogen) atoms. The van der Waals surface area contributed by atoms with E-state index in [2.05, 4.69) is 20.3 Å². The van der Waals surface area contributed by atoms with Crippen LogP contribution in [0.1, 0.15) is 30.0 Å². The van der Waals surface area contributed by atoms with E-state index in [-0.39, 0.29) is 5.75 Å². The minimum Gasteiger partial charge on any atom is -0.407 e. The molecule has 1 amide bonds. The minimum atomic E-state index is -0.640. The van der Waals surface area contributed by atoms with Crippen LogP contribution >= 0.6 is 34.8 Å². The first-order valence-electron chi connectivity index (χ1n) is 10.1. The lowest BCUT2D eigenvalue weighted by atomic mass is 9.97. The molecule has 0 saturated heterocycles. The highest BCUT2D eigenvalue weighted by molar-refractivity contribution is 6.42. The van der Waals surface area contributed by atoms with E-state index in [4.69, 9.17) is 39.5 Å². The van der Waals surface area contributed by atoms with Gasteiger partial charge in [-0.3, -0.25) is 9.97 Å². The number of rotatable bonds is 5. The third kappa shape index (κ3) is 4.90. The number of hydrogen-bond acceptors (Lipinski definition) is 6. The second-order valence-corrected chi connectivity index (χ2v) is 8.71. The van der Waals surface area contributed by atoms with Gasteiger partial charge in [-0.25, -0.2) is 9.79 Å². The second-order valence-electron chi connectivity index (χ2n) is 7.52. The maximum atomic E-state index is 12.6. The number of aromatic nitrogens is 2. The number of nitrogens with zero attached hydrogens (tertiary/aromatic N) is 4. The first-order valence-corrected chi connectivity index (χ1v) is 11.2. The summed E-state index contributed by atoms with van der Waals surface area (Å²) < 4.78 is 5.81. The molecule has 1 unspecified atom stereocenters. The van der Waals surface area contributed by atoms with E-state index in [0.29, 0.717) is 42.9 Å². The first kappa shape index (κ1) is 23.3. The molecule has 0 spiro atoms. The lowest BCUT2D eigenvalue weighted by molar-refractivity contribution is 0.172. The number of nitrogens with one attached hydrogen (secondary N) is 1. The van der Waals surface area contributed by atoms with E-state index in [1.54, 1.807) is 38.6 Å². The predicted molar refractivity (Wildman–Crippen MR) is 132 cm³/mol. The van der Waals surface area contributed by atoms with Gasteiger partial charge in [0, 0.05) is 55.4 Å². The summed E-state index contributed by atoms with van der Waals surface area (Å²) >= 11 is 19.5. The number of benzene rings is 1. The molecular weight excluding hydrogens is 485 g/mol. The van der Waals surface area contributed by atoms with Crippen molar-refractivity contribution in [1.82, 2.24) is 20.2 Å².